The Morgan fingerprint density at radius 1 is 1.38 bits per heavy atom. The summed E-state index contributed by atoms with van der Waals surface area (Å²) in [6.45, 7) is 7.93. The van der Waals surface area contributed by atoms with Crippen molar-refractivity contribution in [2.45, 2.75) is 45.4 Å². The van der Waals surface area contributed by atoms with E-state index in [2.05, 4.69) is 15.3 Å². The van der Waals surface area contributed by atoms with E-state index in [0.29, 0.717) is 28.5 Å². The number of fused-ring (bicyclic) bond motifs is 1. The summed E-state index contributed by atoms with van der Waals surface area (Å²) in [5.41, 5.74) is 1.89. The molecule has 3 aromatic rings. The molecule has 7 nitrogen and oxygen atoms in total. The minimum atomic E-state index is -0.140. The summed E-state index contributed by atoms with van der Waals surface area (Å²) in [6.07, 6.45) is 0. The number of aromatic nitrogens is 3. The molecule has 0 aliphatic carbocycles. The van der Waals surface area contributed by atoms with Crippen molar-refractivity contribution in [3.63, 3.8) is 0 Å². The highest BCUT2D eigenvalue weighted by atomic mass is 32.2. The van der Waals surface area contributed by atoms with Gasteiger partial charge in [0.25, 0.3) is 5.56 Å². The molecule has 2 N–H and O–H groups in total. The Labute approximate surface area is 155 Å². The number of aryl methyl sites for hydroxylation is 2. The number of carbonyl (C=O) groups excluding carboxylic acids is 1. The van der Waals surface area contributed by atoms with Crippen molar-refractivity contribution in [1.29, 1.82) is 0 Å². The van der Waals surface area contributed by atoms with E-state index in [1.54, 1.807) is 4.57 Å². The molecule has 0 bridgehead atoms. The molecule has 0 spiro atoms. The van der Waals surface area contributed by atoms with Gasteiger partial charge in [0.1, 0.15) is 17.0 Å². The third-order valence-corrected chi connectivity index (χ3v) is 4.84. The van der Waals surface area contributed by atoms with Gasteiger partial charge in [-0.3, -0.25) is 14.2 Å². The van der Waals surface area contributed by atoms with Gasteiger partial charge in [-0.2, -0.15) is 0 Å². The van der Waals surface area contributed by atoms with Gasteiger partial charge in [-0.25, -0.2) is 4.98 Å². The lowest BCUT2D eigenvalue weighted by Crippen LogP contribution is -2.27. The zero-order chi connectivity index (χ0) is 18.8. The molecule has 0 atom stereocenters. The van der Waals surface area contributed by atoms with Crippen LogP contribution in [-0.2, 0) is 11.3 Å². The van der Waals surface area contributed by atoms with E-state index in [9.17, 15) is 9.59 Å². The molecule has 0 saturated carbocycles. The van der Waals surface area contributed by atoms with Crippen LogP contribution in [0.3, 0.4) is 0 Å². The molecular weight excluding hydrogens is 352 g/mol. The number of rotatable bonds is 6. The van der Waals surface area contributed by atoms with Crippen LogP contribution in [0.4, 0.5) is 0 Å². The second-order valence-electron chi connectivity index (χ2n) is 6.45. The van der Waals surface area contributed by atoms with E-state index in [4.69, 9.17) is 4.42 Å². The molecule has 0 unspecified atom stereocenters. The van der Waals surface area contributed by atoms with Gasteiger partial charge in [0.15, 0.2) is 5.16 Å². The van der Waals surface area contributed by atoms with Crippen LogP contribution in [0.5, 0.6) is 0 Å². The molecular formula is C18H22N4O3S. The molecule has 0 fully saturated rings. The first-order valence-electron chi connectivity index (χ1n) is 8.42. The molecule has 0 aliphatic heterocycles. The van der Waals surface area contributed by atoms with Gasteiger partial charge in [-0.05, 0) is 45.9 Å². The fraction of sp³-hybridized carbons (Fsp3) is 0.389. The van der Waals surface area contributed by atoms with E-state index in [1.807, 2.05) is 45.9 Å². The van der Waals surface area contributed by atoms with Crippen molar-refractivity contribution < 1.29 is 9.21 Å². The van der Waals surface area contributed by atoms with Crippen LogP contribution in [-0.4, -0.2) is 26.2 Å². The number of thioether (sulfide) groups is 1. The Morgan fingerprint density at radius 2 is 2.15 bits per heavy atom. The second-order valence-corrected chi connectivity index (χ2v) is 7.40. The van der Waals surface area contributed by atoms with Gasteiger partial charge in [0.2, 0.25) is 5.91 Å². The molecule has 138 valence electrons. The Morgan fingerprint density at radius 3 is 2.81 bits per heavy atom. The lowest BCUT2D eigenvalue weighted by atomic mass is 10.3. The van der Waals surface area contributed by atoms with E-state index < -0.39 is 0 Å². The van der Waals surface area contributed by atoms with Gasteiger partial charge >= 0.3 is 0 Å². The smallest absolute Gasteiger partial charge is 0.278 e. The third-order valence-electron chi connectivity index (χ3n) is 3.89. The fourth-order valence-corrected chi connectivity index (χ4v) is 3.65. The van der Waals surface area contributed by atoms with Gasteiger partial charge in [0.05, 0.1) is 17.8 Å². The van der Waals surface area contributed by atoms with Crippen molar-refractivity contribution in [1.82, 2.24) is 19.9 Å². The minimum absolute atomic E-state index is 0.0559. The van der Waals surface area contributed by atoms with E-state index in [-0.39, 0.29) is 23.3 Å². The molecule has 3 aromatic heterocycles. The Kier molecular flexibility index (Phi) is 5.22. The average molecular weight is 374 g/mol. The topological polar surface area (TPSA) is 92.9 Å². The quantitative estimate of drug-likeness (QED) is 0.511. The van der Waals surface area contributed by atoms with E-state index in [0.717, 1.165) is 11.5 Å². The van der Waals surface area contributed by atoms with Crippen molar-refractivity contribution >= 4 is 28.7 Å². The Bertz CT molecular complexity index is 1000. The maximum absolute atomic E-state index is 12.7. The second kappa shape index (κ2) is 7.41. The first kappa shape index (κ1) is 18.3. The summed E-state index contributed by atoms with van der Waals surface area (Å²) in [4.78, 5) is 32.5. The first-order chi connectivity index (χ1) is 12.3. The van der Waals surface area contributed by atoms with Crippen molar-refractivity contribution in [3.8, 4) is 0 Å². The largest absolute Gasteiger partial charge is 0.465 e. The number of H-pyrrole nitrogens is 1. The maximum Gasteiger partial charge on any atom is 0.278 e. The van der Waals surface area contributed by atoms with Crippen molar-refractivity contribution in [2.24, 2.45) is 0 Å². The SMILES string of the molecule is Cc1cc2nc(SCC(=O)NCc3ccc(C)o3)n(C(C)C)c(=O)c2[nH]1. The fourth-order valence-electron chi connectivity index (χ4n) is 2.69. The van der Waals surface area contributed by atoms with Gasteiger partial charge in [0, 0.05) is 11.7 Å². The van der Waals surface area contributed by atoms with E-state index in [1.165, 1.54) is 11.8 Å². The standard InChI is InChI=1S/C18H22N4O3S/c1-10(2)22-17(24)16-14(7-11(3)20-16)21-18(22)26-9-15(23)19-8-13-6-5-12(4)25-13/h5-7,10,20H,8-9H2,1-4H3,(H,19,23). The summed E-state index contributed by atoms with van der Waals surface area (Å²) in [7, 11) is 0. The summed E-state index contributed by atoms with van der Waals surface area (Å²) in [6, 6.07) is 5.48. The van der Waals surface area contributed by atoms with Crippen molar-refractivity contribution in [2.75, 3.05) is 5.75 Å². The molecule has 0 saturated heterocycles. The van der Waals surface area contributed by atoms with Crippen molar-refractivity contribution in [3.05, 3.63) is 45.8 Å². The number of carbonyl (C=O) groups is 1. The molecule has 8 heteroatoms. The van der Waals surface area contributed by atoms with Crippen LogP contribution in [0, 0.1) is 13.8 Å². The van der Waals surface area contributed by atoms with Crippen LogP contribution in [0.25, 0.3) is 11.0 Å². The lowest BCUT2D eigenvalue weighted by Gasteiger charge is -2.14. The summed E-state index contributed by atoms with van der Waals surface area (Å²) in [5.74, 6) is 1.55. The minimum Gasteiger partial charge on any atom is -0.465 e. The number of nitrogens with zero attached hydrogens (tertiary/aromatic N) is 2. The molecule has 1 amide bonds. The van der Waals surface area contributed by atoms with Crippen LogP contribution >= 0.6 is 11.8 Å². The van der Waals surface area contributed by atoms with Crippen LogP contribution < -0.4 is 10.9 Å². The highest BCUT2D eigenvalue weighted by Crippen LogP contribution is 2.21. The highest BCUT2D eigenvalue weighted by molar-refractivity contribution is 7.99. The number of amides is 1. The predicted molar refractivity (Wildman–Crippen MR) is 101 cm³/mol. The first-order valence-corrected chi connectivity index (χ1v) is 9.40. The predicted octanol–water partition coefficient (Wildman–Crippen LogP) is 2.92. The van der Waals surface area contributed by atoms with Gasteiger partial charge < -0.3 is 14.7 Å². The lowest BCUT2D eigenvalue weighted by molar-refractivity contribution is -0.118. The number of furan rings is 1. The molecule has 0 aromatic carbocycles. The van der Waals surface area contributed by atoms with Crippen LogP contribution in [0.2, 0.25) is 0 Å². The maximum atomic E-state index is 12.7. The zero-order valence-electron chi connectivity index (χ0n) is 15.3. The molecule has 0 aliphatic rings. The number of hydrogen-bond acceptors (Lipinski definition) is 5. The molecule has 26 heavy (non-hydrogen) atoms. The average Bonchev–Trinajstić information content (AvgIpc) is 3.15. The summed E-state index contributed by atoms with van der Waals surface area (Å²) >= 11 is 1.26. The van der Waals surface area contributed by atoms with Crippen LogP contribution in [0.15, 0.2) is 32.6 Å². The van der Waals surface area contributed by atoms with Gasteiger partial charge in [-0.1, -0.05) is 11.8 Å². The third kappa shape index (κ3) is 3.85. The van der Waals surface area contributed by atoms with Gasteiger partial charge in [-0.15, -0.1) is 0 Å². The van der Waals surface area contributed by atoms with E-state index >= 15 is 0 Å². The molecule has 3 heterocycles. The highest BCUT2D eigenvalue weighted by Gasteiger charge is 2.16. The zero-order valence-corrected chi connectivity index (χ0v) is 16.1. The van der Waals surface area contributed by atoms with Crippen LogP contribution in [0.1, 0.15) is 37.1 Å². The number of hydrogen-bond donors (Lipinski definition) is 2. The Hall–Kier alpha value is -2.48. The Balaban J connectivity index is 1.74. The summed E-state index contributed by atoms with van der Waals surface area (Å²) < 4.78 is 7.05. The summed E-state index contributed by atoms with van der Waals surface area (Å²) in [5, 5.41) is 3.35. The normalized spacial score (nSPS) is 11.4. The molecule has 3 rings (SSSR count). The number of aromatic amines is 1. The monoisotopic (exact) mass is 374 g/mol. The molecule has 0 radical (unpaired) electrons. The number of nitrogens with one attached hydrogen (secondary N) is 2.